The zero-order valence-electron chi connectivity index (χ0n) is 17.2. The summed E-state index contributed by atoms with van der Waals surface area (Å²) < 4.78 is 0. The van der Waals surface area contributed by atoms with Gasteiger partial charge in [-0.05, 0) is 60.2 Å². The first-order valence-electron chi connectivity index (χ1n) is 10.0. The zero-order valence-corrected chi connectivity index (χ0v) is 17.2. The molecule has 5 nitrogen and oxygen atoms in total. The van der Waals surface area contributed by atoms with Crippen molar-refractivity contribution in [1.82, 2.24) is 10.2 Å². The highest BCUT2D eigenvalue weighted by Crippen LogP contribution is 2.29. The summed E-state index contributed by atoms with van der Waals surface area (Å²) in [5.41, 5.74) is 4.21. The van der Waals surface area contributed by atoms with Crippen LogP contribution in [-0.2, 0) is 11.3 Å². The number of carbonyl (C=O) groups excluding carboxylic acids is 2. The molecule has 1 aliphatic heterocycles. The third-order valence-electron chi connectivity index (χ3n) is 5.52. The molecule has 2 aromatic rings. The first kappa shape index (κ1) is 20.6. The fourth-order valence-electron chi connectivity index (χ4n) is 3.67. The molecule has 1 saturated heterocycles. The average Bonchev–Trinajstić information content (AvgIpc) is 2.77. The van der Waals surface area contributed by atoms with E-state index in [1.807, 2.05) is 43.3 Å². The van der Waals surface area contributed by atoms with Gasteiger partial charge in [-0.1, -0.05) is 30.8 Å². The average molecular weight is 392 g/mol. The van der Waals surface area contributed by atoms with Crippen LogP contribution >= 0.6 is 0 Å². The Bertz CT molecular complexity index is 849. The fraction of sp³-hybridized carbons (Fsp3) is 0.333. The second kappa shape index (κ2) is 9.41. The molecule has 5 heteroatoms. The van der Waals surface area contributed by atoms with Crippen LogP contribution in [0.15, 0.2) is 61.2 Å². The number of nitrogens with zero attached hydrogens (tertiary/aromatic N) is 2. The standard InChI is InChI=1S/C24H29N3O2/c1-4-23(28)25-17-18-5-7-21(8-6-18)24(29)27-15-13-20(14-16-27)19-9-11-22(12-10-19)26(2)3/h4-12,20H,1,13-17H2,2-3H3,(H,25,28). The van der Waals surface area contributed by atoms with Crippen LogP contribution in [0.5, 0.6) is 0 Å². The lowest BCUT2D eigenvalue weighted by Gasteiger charge is -2.32. The van der Waals surface area contributed by atoms with Crippen LogP contribution in [0, 0.1) is 0 Å². The monoisotopic (exact) mass is 391 g/mol. The largest absolute Gasteiger partial charge is 0.378 e. The highest BCUT2D eigenvalue weighted by molar-refractivity contribution is 5.94. The summed E-state index contributed by atoms with van der Waals surface area (Å²) in [5, 5.41) is 2.74. The summed E-state index contributed by atoms with van der Waals surface area (Å²) in [4.78, 5) is 28.1. The smallest absolute Gasteiger partial charge is 0.253 e. The van der Waals surface area contributed by atoms with Crippen molar-refractivity contribution < 1.29 is 9.59 Å². The number of piperidine rings is 1. The van der Waals surface area contributed by atoms with Crippen molar-refractivity contribution in [3.63, 3.8) is 0 Å². The summed E-state index contributed by atoms with van der Waals surface area (Å²) in [6, 6.07) is 16.2. The number of likely N-dealkylation sites (tertiary alicyclic amines) is 1. The SMILES string of the molecule is C=CC(=O)NCc1ccc(C(=O)N2CCC(c3ccc(N(C)C)cc3)CC2)cc1. The Balaban J connectivity index is 1.54. The number of amides is 2. The second-order valence-corrected chi connectivity index (χ2v) is 7.67. The minimum Gasteiger partial charge on any atom is -0.378 e. The van der Waals surface area contributed by atoms with Crippen molar-refractivity contribution in [1.29, 1.82) is 0 Å². The molecule has 0 spiro atoms. The van der Waals surface area contributed by atoms with E-state index < -0.39 is 0 Å². The summed E-state index contributed by atoms with van der Waals surface area (Å²) in [6.07, 6.45) is 3.22. The lowest BCUT2D eigenvalue weighted by molar-refractivity contribution is -0.116. The van der Waals surface area contributed by atoms with Gasteiger partial charge in [-0.25, -0.2) is 0 Å². The summed E-state index contributed by atoms with van der Waals surface area (Å²) in [6.45, 7) is 5.41. The van der Waals surface area contributed by atoms with E-state index in [-0.39, 0.29) is 11.8 Å². The van der Waals surface area contributed by atoms with Crippen LogP contribution in [-0.4, -0.2) is 43.9 Å². The molecule has 0 saturated carbocycles. The maximum Gasteiger partial charge on any atom is 0.253 e. The van der Waals surface area contributed by atoms with Crippen LogP contribution < -0.4 is 10.2 Å². The molecule has 2 aromatic carbocycles. The van der Waals surface area contributed by atoms with Gasteiger partial charge in [0.2, 0.25) is 5.91 Å². The quantitative estimate of drug-likeness (QED) is 0.766. The lowest BCUT2D eigenvalue weighted by Crippen LogP contribution is -2.37. The molecule has 0 aromatic heterocycles. The second-order valence-electron chi connectivity index (χ2n) is 7.67. The Kier molecular flexibility index (Phi) is 6.70. The van der Waals surface area contributed by atoms with Gasteiger partial charge < -0.3 is 15.1 Å². The Hall–Kier alpha value is -3.08. The van der Waals surface area contributed by atoms with Crippen LogP contribution in [0.1, 0.15) is 40.2 Å². The van der Waals surface area contributed by atoms with Crippen LogP contribution in [0.2, 0.25) is 0 Å². The van der Waals surface area contributed by atoms with Crippen molar-refractivity contribution >= 4 is 17.5 Å². The molecule has 2 amide bonds. The predicted molar refractivity (Wildman–Crippen MR) is 117 cm³/mol. The Morgan fingerprint density at radius 3 is 2.24 bits per heavy atom. The van der Waals surface area contributed by atoms with E-state index >= 15 is 0 Å². The molecule has 1 heterocycles. The minimum absolute atomic E-state index is 0.0769. The van der Waals surface area contributed by atoms with Gasteiger partial charge in [-0.3, -0.25) is 9.59 Å². The molecule has 152 valence electrons. The van der Waals surface area contributed by atoms with E-state index in [0.29, 0.717) is 18.0 Å². The number of anilines is 1. The third-order valence-corrected chi connectivity index (χ3v) is 5.52. The molecule has 0 aliphatic carbocycles. The maximum atomic E-state index is 12.8. The van der Waals surface area contributed by atoms with Gasteiger partial charge in [-0.2, -0.15) is 0 Å². The van der Waals surface area contributed by atoms with E-state index in [1.54, 1.807) is 0 Å². The van der Waals surface area contributed by atoms with Gasteiger partial charge >= 0.3 is 0 Å². The van der Waals surface area contributed by atoms with Crippen molar-refractivity contribution in [2.24, 2.45) is 0 Å². The molecular weight excluding hydrogens is 362 g/mol. The number of carbonyl (C=O) groups is 2. The topological polar surface area (TPSA) is 52.7 Å². The molecule has 0 unspecified atom stereocenters. The molecular formula is C24H29N3O2. The van der Waals surface area contributed by atoms with Crippen LogP contribution in [0.25, 0.3) is 0 Å². The Morgan fingerprint density at radius 2 is 1.69 bits per heavy atom. The van der Waals surface area contributed by atoms with Gasteiger partial charge in [0.25, 0.3) is 5.91 Å². The normalized spacial score (nSPS) is 14.3. The lowest BCUT2D eigenvalue weighted by atomic mass is 9.89. The molecule has 0 radical (unpaired) electrons. The van der Waals surface area contributed by atoms with Crippen molar-refractivity contribution in [2.45, 2.75) is 25.3 Å². The predicted octanol–water partition coefficient (Wildman–Crippen LogP) is 3.57. The minimum atomic E-state index is -0.204. The first-order valence-corrected chi connectivity index (χ1v) is 10.0. The van der Waals surface area contributed by atoms with E-state index in [4.69, 9.17) is 0 Å². The molecule has 0 atom stereocenters. The summed E-state index contributed by atoms with van der Waals surface area (Å²) in [5.74, 6) is 0.378. The van der Waals surface area contributed by atoms with Gasteiger partial charge in [0.05, 0.1) is 0 Å². The number of hydrogen-bond acceptors (Lipinski definition) is 3. The van der Waals surface area contributed by atoms with Gasteiger partial charge in [0, 0.05) is 45.0 Å². The van der Waals surface area contributed by atoms with E-state index in [1.165, 1.54) is 17.3 Å². The molecule has 0 bridgehead atoms. The molecule has 1 aliphatic rings. The fourth-order valence-corrected chi connectivity index (χ4v) is 3.67. The summed E-state index contributed by atoms with van der Waals surface area (Å²) >= 11 is 0. The van der Waals surface area contributed by atoms with Crippen LogP contribution in [0.4, 0.5) is 5.69 Å². The number of benzene rings is 2. The number of hydrogen-bond donors (Lipinski definition) is 1. The van der Waals surface area contributed by atoms with E-state index in [0.717, 1.165) is 31.5 Å². The first-order chi connectivity index (χ1) is 14.0. The van der Waals surface area contributed by atoms with Crippen LogP contribution in [0.3, 0.4) is 0 Å². The molecule has 3 rings (SSSR count). The summed E-state index contributed by atoms with van der Waals surface area (Å²) in [7, 11) is 4.09. The number of rotatable bonds is 6. The van der Waals surface area contributed by atoms with E-state index in [2.05, 4.69) is 41.1 Å². The van der Waals surface area contributed by atoms with Crippen molar-refractivity contribution in [3.8, 4) is 0 Å². The third kappa shape index (κ3) is 5.25. The zero-order chi connectivity index (χ0) is 20.8. The Morgan fingerprint density at radius 1 is 1.07 bits per heavy atom. The van der Waals surface area contributed by atoms with Crippen molar-refractivity contribution in [3.05, 3.63) is 77.9 Å². The van der Waals surface area contributed by atoms with E-state index in [9.17, 15) is 9.59 Å². The molecule has 1 N–H and O–H groups in total. The van der Waals surface area contributed by atoms with Gasteiger partial charge in [-0.15, -0.1) is 0 Å². The number of nitrogens with one attached hydrogen (secondary N) is 1. The maximum absolute atomic E-state index is 12.8. The highest BCUT2D eigenvalue weighted by atomic mass is 16.2. The van der Waals surface area contributed by atoms with Crippen molar-refractivity contribution in [2.75, 3.05) is 32.1 Å². The highest BCUT2D eigenvalue weighted by Gasteiger charge is 2.24. The van der Waals surface area contributed by atoms with Gasteiger partial charge in [0.1, 0.15) is 0 Å². The molecule has 29 heavy (non-hydrogen) atoms. The van der Waals surface area contributed by atoms with Gasteiger partial charge in [0.15, 0.2) is 0 Å². The Labute approximate surface area is 173 Å². The molecule has 1 fully saturated rings.